The molecule has 5 nitrogen and oxygen atoms in total. The number of aryl methyl sites for hydroxylation is 1. The highest BCUT2D eigenvalue weighted by Gasteiger charge is 2.14. The van der Waals surface area contributed by atoms with Crippen molar-refractivity contribution in [3.8, 4) is 0 Å². The van der Waals surface area contributed by atoms with Crippen LogP contribution >= 0.6 is 0 Å². The summed E-state index contributed by atoms with van der Waals surface area (Å²) < 4.78 is 13.9. The first-order chi connectivity index (χ1) is 12.9. The van der Waals surface area contributed by atoms with Crippen molar-refractivity contribution in [3.05, 3.63) is 77.5 Å². The molecular formula is C21H21FN4O. The predicted octanol–water partition coefficient (Wildman–Crippen LogP) is 5.04. The fraction of sp³-hybridized carbons (Fsp3) is 0.190. The molecule has 0 saturated carbocycles. The smallest absolute Gasteiger partial charge is 0.274 e. The summed E-state index contributed by atoms with van der Waals surface area (Å²) in [6, 6.07) is 15.4. The van der Waals surface area contributed by atoms with Crippen molar-refractivity contribution in [2.75, 3.05) is 10.6 Å². The van der Waals surface area contributed by atoms with Crippen LogP contribution in [0.1, 0.15) is 41.6 Å². The molecule has 0 bridgehead atoms. The average molecular weight is 364 g/mol. The van der Waals surface area contributed by atoms with E-state index in [1.165, 1.54) is 12.1 Å². The minimum Gasteiger partial charge on any atom is -0.338 e. The Balaban J connectivity index is 1.86. The van der Waals surface area contributed by atoms with E-state index >= 15 is 0 Å². The number of halogens is 1. The summed E-state index contributed by atoms with van der Waals surface area (Å²) in [5.41, 5.74) is 2.28. The molecule has 27 heavy (non-hydrogen) atoms. The Morgan fingerprint density at radius 3 is 2.37 bits per heavy atom. The van der Waals surface area contributed by atoms with Gasteiger partial charge in [0.15, 0.2) is 0 Å². The van der Waals surface area contributed by atoms with Crippen molar-refractivity contribution < 1.29 is 9.18 Å². The summed E-state index contributed by atoms with van der Waals surface area (Å²) >= 11 is 0. The summed E-state index contributed by atoms with van der Waals surface area (Å²) in [6.07, 6.45) is 0. The third kappa shape index (κ3) is 4.47. The maximum absolute atomic E-state index is 13.9. The normalized spacial score (nSPS) is 10.7. The number of para-hydroxylation sites is 2. The lowest BCUT2D eigenvalue weighted by Gasteiger charge is -2.14. The molecule has 3 aromatic rings. The number of nitrogens with one attached hydrogen (secondary N) is 2. The van der Waals surface area contributed by atoms with E-state index in [1.54, 1.807) is 25.1 Å². The van der Waals surface area contributed by atoms with E-state index in [0.717, 1.165) is 11.3 Å². The minimum absolute atomic E-state index is 0.208. The molecule has 6 heteroatoms. The molecular weight excluding hydrogens is 343 g/mol. The summed E-state index contributed by atoms with van der Waals surface area (Å²) in [6.45, 7) is 5.82. The van der Waals surface area contributed by atoms with Crippen LogP contribution < -0.4 is 10.6 Å². The maximum atomic E-state index is 13.9. The van der Waals surface area contributed by atoms with Crippen molar-refractivity contribution in [2.24, 2.45) is 0 Å². The molecule has 0 aliphatic heterocycles. The molecule has 0 atom stereocenters. The third-order valence-electron chi connectivity index (χ3n) is 4.04. The number of benzene rings is 2. The van der Waals surface area contributed by atoms with Gasteiger partial charge in [0.1, 0.15) is 23.2 Å². The van der Waals surface area contributed by atoms with Crippen LogP contribution in [0.4, 0.5) is 21.6 Å². The average Bonchev–Trinajstić information content (AvgIpc) is 2.63. The Morgan fingerprint density at radius 2 is 1.67 bits per heavy atom. The van der Waals surface area contributed by atoms with Gasteiger partial charge in [0, 0.05) is 11.8 Å². The molecule has 1 heterocycles. The van der Waals surface area contributed by atoms with Crippen LogP contribution in [0, 0.1) is 12.7 Å². The van der Waals surface area contributed by atoms with Gasteiger partial charge >= 0.3 is 0 Å². The van der Waals surface area contributed by atoms with Gasteiger partial charge in [-0.15, -0.1) is 0 Å². The molecule has 0 spiro atoms. The number of hydrogen-bond acceptors (Lipinski definition) is 4. The molecule has 2 N–H and O–H groups in total. The molecule has 2 aromatic carbocycles. The summed E-state index contributed by atoms with van der Waals surface area (Å²) in [5.74, 6) is 0.302. The van der Waals surface area contributed by atoms with E-state index in [2.05, 4.69) is 34.4 Å². The van der Waals surface area contributed by atoms with Crippen molar-refractivity contribution in [1.29, 1.82) is 0 Å². The van der Waals surface area contributed by atoms with Crippen LogP contribution in [0.2, 0.25) is 0 Å². The SMILES string of the molecule is Cc1nc(Nc2ccccc2F)cc(C(=O)Nc2ccccc2C(C)C)n1. The Kier molecular flexibility index (Phi) is 5.45. The number of carbonyl (C=O) groups excluding carboxylic acids is 1. The van der Waals surface area contributed by atoms with Crippen molar-refractivity contribution in [2.45, 2.75) is 26.7 Å². The molecule has 1 aromatic heterocycles. The second kappa shape index (κ2) is 7.95. The van der Waals surface area contributed by atoms with Gasteiger partial charge < -0.3 is 10.6 Å². The minimum atomic E-state index is -0.398. The van der Waals surface area contributed by atoms with Gasteiger partial charge in [-0.1, -0.05) is 44.2 Å². The number of rotatable bonds is 5. The van der Waals surface area contributed by atoms with E-state index < -0.39 is 5.82 Å². The summed E-state index contributed by atoms with van der Waals surface area (Å²) in [4.78, 5) is 21.2. The van der Waals surface area contributed by atoms with Crippen LogP contribution in [-0.2, 0) is 0 Å². The highest BCUT2D eigenvalue weighted by molar-refractivity contribution is 6.03. The lowest BCUT2D eigenvalue weighted by molar-refractivity contribution is 0.102. The number of anilines is 3. The van der Waals surface area contributed by atoms with Crippen LogP contribution in [0.3, 0.4) is 0 Å². The van der Waals surface area contributed by atoms with E-state index in [1.807, 2.05) is 24.3 Å². The number of amides is 1. The molecule has 0 unspecified atom stereocenters. The maximum Gasteiger partial charge on any atom is 0.274 e. The van der Waals surface area contributed by atoms with Gasteiger partial charge in [-0.25, -0.2) is 14.4 Å². The highest BCUT2D eigenvalue weighted by Crippen LogP contribution is 2.24. The van der Waals surface area contributed by atoms with E-state index in [-0.39, 0.29) is 23.2 Å². The first-order valence-corrected chi connectivity index (χ1v) is 8.71. The quantitative estimate of drug-likeness (QED) is 0.665. The highest BCUT2D eigenvalue weighted by atomic mass is 19.1. The van der Waals surface area contributed by atoms with Gasteiger partial charge in [0.2, 0.25) is 0 Å². The fourth-order valence-electron chi connectivity index (χ4n) is 2.75. The van der Waals surface area contributed by atoms with Gasteiger partial charge in [0.25, 0.3) is 5.91 Å². The lowest BCUT2D eigenvalue weighted by atomic mass is 10.0. The van der Waals surface area contributed by atoms with Gasteiger partial charge in [0.05, 0.1) is 5.69 Å². The van der Waals surface area contributed by atoms with Gasteiger partial charge in [-0.2, -0.15) is 0 Å². The molecule has 138 valence electrons. The zero-order valence-electron chi connectivity index (χ0n) is 15.5. The van der Waals surface area contributed by atoms with Crippen LogP contribution in [0.25, 0.3) is 0 Å². The monoisotopic (exact) mass is 364 g/mol. The van der Waals surface area contributed by atoms with Crippen LogP contribution in [-0.4, -0.2) is 15.9 Å². The second-order valence-electron chi connectivity index (χ2n) is 6.49. The Morgan fingerprint density at radius 1 is 1.00 bits per heavy atom. The standard InChI is InChI=1S/C21H21FN4O/c1-13(2)15-8-4-6-10-17(15)26-21(27)19-12-20(24-14(3)23-19)25-18-11-7-5-9-16(18)22/h4-13H,1-3H3,(H,26,27)(H,23,24,25). The van der Waals surface area contributed by atoms with Crippen molar-refractivity contribution in [3.63, 3.8) is 0 Å². The van der Waals surface area contributed by atoms with Crippen LogP contribution in [0.5, 0.6) is 0 Å². The van der Waals surface area contributed by atoms with Crippen LogP contribution in [0.15, 0.2) is 54.6 Å². The molecule has 0 radical (unpaired) electrons. The zero-order chi connectivity index (χ0) is 19.4. The van der Waals surface area contributed by atoms with E-state index in [4.69, 9.17) is 0 Å². The summed E-state index contributed by atoms with van der Waals surface area (Å²) in [5, 5.41) is 5.80. The molecule has 1 amide bonds. The number of aromatic nitrogens is 2. The molecule has 0 aliphatic carbocycles. The number of nitrogens with zero attached hydrogens (tertiary/aromatic N) is 2. The molecule has 0 saturated heterocycles. The summed E-state index contributed by atoms with van der Waals surface area (Å²) in [7, 11) is 0. The Hall–Kier alpha value is -3.28. The molecule has 3 rings (SSSR count). The Labute approximate surface area is 157 Å². The molecule has 0 fully saturated rings. The molecule has 0 aliphatic rings. The van der Waals surface area contributed by atoms with Crippen molar-refractivity contribution in [1.82, 2.24) is 9.97 Å². The largest absolute Gasteiger partial charge is 0.338 e. The third-order valence-corrected chi connectivity index (χ3v) is 4.04. The Bertz CT molecular complexity index is 972. The van der Waals surface area contributed by atoms with Crippen molar-refractivity contribution >= 4 is 23.1 Å². The first kappa shape index (κ1) is 18.5. The number of carbonyl (C=O) groups is 1. The zero-order valence-corrected chi connectivity index (χ0v) is 15.5. The second-order valence-corrected chi connectivity index (χ2v) is 6.49. The fourth-order valence-corrected chi connectivity index (χ4v) is 2.75. The first-order valence-electron chi connectivity index (χ1n) is 8.71. The van der Waals surface area contributed by atoms with Gasteiger partial charge in [-0.05, 0) is 36.6 Å². The van der Waals surface area contributed by atoms with Gasteiger partial charge in [-0.3, -0.25) is 4.79 Å². The topological polar surface area (TPSA) is 66.9 Å². The predicted molar refractivity (Wildman–Crippen MR) is 105 cm³/mol. The lowest BCUT2D eigenvalue weighted by Crippen LogP contribution is -2.16. The van der Waals surface area contributed by atoms with E-state index in [0.29, 0.717) is 11.6 Å². The number of hydrogen-bond donors (Lipinski definition) is 2. The van der Waals surface area contributed by atoms with E-state index in [9.17, 15) is 9.18 Å².